The molecule has 0 aliphatic rings. The summed E-state index contributed by atoms with van der Waals surface area (Å²) in [4.78, 5) is 6.07. The first kappa shape index (κ1) is 13.9. The molecule has 0 fully saturated rings. The van der Waals surface area contributed by atoms with E-state index in [1.54, 1.807) is 18.4 Å². The molecular weight excluding hydrogens is 282 g/mol. The van der Waals surface area contributed by atoms with E-state index in [0.29, 0.717) is 0 Å². The van der Waals surface area contributed by atoms with Crippen LogP contribution in [0.1, 0.15) is 18.7 Å². The topological polar surface area (TPSA) is 53.1 Å². The van der Waals surface area contributed by atoms with E-state index in [2.05, 4.69) is 30.5 Å². The molecule has 110 valence electrons. The van der Waals surface area contributed by atoms with Crippen molar-refractivity contribution in [3.8, 4) is 17.1 Å². The molecule has 0 saturated carbocycles. The van der Waals surface area contributed by atoms with Gasteiger partial charge in [0.15, 0.2) is 0 Å². The Kier molecular flexibility index (Phi) is 3.59. The number of rotatable bonds is 4. The van der Waals surface area contributed by atoms with Gasteiger partial charge in [0.05, 0.1) is 28.7 Å². The Morgan fingerprint density at radius 2 is 2.10 bits per heavy atom. The molecule has 0 aliphatic carbocycles. The third-order valence-electron chi connectivity index (χ3n) is 3.67. The van der Waals surface area contributed by atoms with Crippen molar-refractivity contribution in [3.05, 3.63) is 29.1 Å². The first-order chi connectivity index (χ1) is 10.2. The van der Waals surface area contributed by atoms with Gasteiger partial charge < -0.3 is 15.0 Å². The van der Waals surface area contributed by atoms with Crippen LogP contribution in [-0.4, -0.2) is 16.7 Å². The lowest BCUT2D eigenvalue weighted by Gasteiger charge is -2.05. The van der Waals surface area contributed by atoms with Crippen molar-refractivity contribution in [1.29, 1.82) is 0 Å². The van der Waals surface area contributed by atoms with Crippen LogP contribution in [0.25, 0.3) is 22.4 Å². The molecule has 3 aromatic rings. The Morgan fingerprint density at radius 3 is 2.71 bits per heavy atom. The summed E-state index contributed by atoms with van der Waals surface area (Å²) in [5.74, 6) is 1.76. The lowest BCUT2D eigenvalue weighted by atomic mass is 10.2. The van der Waals surface area contributed by atoms with Gasteiger partial charge in [0.2, 0.25) is 0 Å². The van der Waals surface area contributed by atoms with Crippen LogP contribution < -0.4 is 10.5 Å². The van der Waals surface area contributed by atoms with Crippen LogP contribution in [0.3, 0.4) is 0 Å². The minimum Gasteiger partial charge on any atom is -0.497 e. The molecule has 3 rings (SSSR count). The second kappa shape index (κ2) is 5.41. The number of benzene rings is 1. The highest BCUT2D eigenvalue weighted by Gasteiger charge is 2.16. The van der Waals surface area contributed by atoms with Crippen LogP contribution in [0.4, 0.5) is 5.00 Å². The molecule has 0 atom stereocenters. The summed E-state index contributed by atoms with van der Waals surface area (Å²) in [6.45, 7) is 5.12. The second-order valence-electron chi connectivity index (χ2n) is 4.88. The van der Waals surface area contributed by atoms with E-state index in [4.69, 9.17) is 15.5 Å². The quantitative estimate of drug-likeness (QED) is 0.794. The smallest absolute Gasteiger partial charge is 0.144 e. The van der Waals surface area contributed by atoms with Crippen molar-refractivity contribution in [2.24, 2.45) is 0 Å². The molecule has 2 aromatic heterocycles. The molecule has 2 N–H and O–H groups in total. The van der Waals surface area contributed by atoms with Gasteiger partial charge >= 0.3 is 0 Å². The van der Waals surface area contributed by atoms with Crippen LogP contribution in [-0.2, 0) is 13.0 Å². The van der Waals surface area contributed by atoms with E-state index in [0.717, 1.165) is 46.1 Å². The van der Waals surface area contributed by atoms with E-state index in [1.165, 1.54) is 4.88 Å². The zero-order valence-corrected chi connectivity index (χ0v) is 13.3. The predicted octanol–water partition coefficient (Wildman–Crippen LogP) is 3.94. The number of thiophene rings is 1. The van der Waals surface area contributed by atoms with E-state index in [9.17, 15) is 0 Å². The Morgan fingerprint density at radius 1 is 1.29 bits per heavy atom. The standard InChI is InChI=1S/C16H19N3OS/c1-4-11-9-12(15(17)21-11)16-18-13-8-10(20-3)6-7-14(13)19(16)5-2/h6-9H,4-5,17H2,1-3H3. The highest BCUT2D eigenvalue weighted by atomic mass is 32.1. The number of nitrogens with zero attached hydrogens (tertiary/aromatic N) is 2. The Hall–Kier alpha value is -2.01. The van der Waals surface area contributed by atoms with Gasteiger partial charge in [-0.15, -0.1) is 11.3 Å². The highest BCUT2D eigenvalue weighted by molar-refractivity contribution is 7.16. The fraction of sp³-hybridized carbons (Fsp3) is 0.312. The van der Waals surface area contributed by atoms with Gasteiger partial charge in [-0.05, 0) is 31.5 Å². The highest BCUT2D eigenvalue weighted by Crippen LogP contribution is 2.36. The number of methoxy groups -OCH3 is 1. The number of nitrogens with two attached hydrogens (primary N) is 1. The SMILES string of the molecule is CCc1cc(-c2nc3cc(OC)ccc3n2CC)c(N)s1. The van der Waals surface area contributed by atoms with Crippen molar-refractivity contribution >= 4 is 27.4 Å². The first-order valence-electron chi connectivity index (χ1n) is 7.10. The van der Waals surface area contributed by atoms with E-state index >= 15 is 0 Å². The molecule has 0 radical (unpaired) electrons. The summed E-state index contributed by atoms with van der Waals surface area (Å²) in [5.41, 5.74) is 9.27. The minimum atomic E-state index is 0.822. The number of anilines is 1. The van der Waals surface area contributed by atoms with Gasteiger partial charge in [-0.3, -0.25) is 0 Å². The number of fused-ring (bicyclic) bond motifs is 1. The fourth-order valence-corrected chi connectivity index (χ4v) is 3.43. The number of nitrogen functional groups attached to an aromatic ring is 1. The number of aromatic nitrogens is 2. The molecule has 4 nitrogen and oxygen atoms in total. The Labute approximate surface area is 128 Å². The van der Waals surface area contributed by atoms with Gasteiger partial charge in [-0.25, -0.2) is 4.98 Å². The zero-order chi connectivity index (χ0) is 15.0. The molecule has 0 spiro atoms. The fourth-order valence-electron chi connectivity index (χ4n) is 2.57. The van der Waals surface area contributed by atoms with Crippen LogP contribution in [0.5, 0.6) is 5.75 Å². The molecule has 0 aliphatic heterocycles. The number of imidazole rings is 1. The molecule has 5 heteroatoms. The summed E-state index contributed by atoms with van der Waals surface area (Å²) in [6, 6.07) is 8.14. The molecule has 0 saturated heterocycles. The maximum absolute atomic E-state index is 6.19. The van der Waals surface area contributed by atoms with Crippen molar-refractivity contribution in [1.82, 2.24) is 9.55 Å². The van der Waals surface area contributed by atoms with Gasteiger partial charge in [-0.2, -0.15) is 0 Å². The molecule has 0 bridgehead atoms. The van der Waals surface area contributed by atoms with Crippen LogP contribution >= 0.6 is 11.3 Å². The summed E-state index contributed by atoms with van der Waals surface area (Å²) in [5, 5.41) is 0.837. The number of hydrogen-bond donors (Lipinski definition) is 1. The maximum atomic E-state index is 6.19. The number of hydrogen-bond acceptors (Lipinski definition) is 4. The van der Waals surface area contributed by atoms with Gasteiger partial charge in [-0.1, -0.05) is 6.92 Å². The van der Waals surface area contributed by atoms with Gasteiger partial charge in [0, 0.05) is 17.5 Å². The van der Waals surface area contributed by atoms with Gasteiger partial charge in [0.1, 0.15) is 11.6 Å². The van der Waals surface area contributed by atoms with E-state index < -0.39 is 0 Å². The van der Waals surface area contributed by atoms with E-state index in [-0.39, 0.29) is 0 Å². The third kappa shape index (κ3) is 2.27. The van der Waals surface area contributed by atoms with Gasteiger partial charge in [0.25, 0.3) is 0 Å². The first-order valence-corrected chi connectivity index (χ1v) is 7.92. The van der Waals surface area contributed by atoms with Crippen molar-refractivity contribution in [2.75, 3.05) is 12.8 Å². The zero-order valence-electron chi connectivity index (χ0n) is 12.5. The largest absolute Gasteiger partial charge is 0.497 e. The monoisotopic (exact) mass is 301 g/mol. The Balaban J connectivity index is 2.23. The molecule has 2 heterocycles. The second-order valence-corrected chi connectivity index (χ2v) is 6.05. The summed E-state index contributed by atoms with van der Waals surface area (Å²) >= 11 is 1.65. The minimum absolute atomic E-state index is 0.822. The van der Waals surface area contributed by atoms with Crippen LogP contribution in [0.15, 0.2) is 24.3 Å². The van der Waals surface area contributed by atoms with Crippen molar-refractivity contribution < 1.29 is 4.74 Å². The lowest BCUT2D eigenvalue weighted by molar-refractivity contribution is 0.415. The summed E-state index contributed by atoms with van der Waals surface area (Å²) < 4.78 is 7.49. The van der Waals surface area contributed by atoms with Crippen molar-refractivity contribution in [2.45, 2.75) is 26.8 Å². The lowest BCUT2D eigenvalue weighted by Crippen LogP contribution is -1.98. The van der Waals surface area contributed by atoms with E-state index in [1.807, 2.05) is 12.1 Å². The molecule has 1 aromatic carbocycles. The maximum Gasteiger partial charge on any atom is 0.144 e. The summed E-state index contributed by atoms with van der Waals surface area (Å²) in [7, 11) is 1.67. The molecular formula is C16H19N3OS. The molecule has 0 unspecified atom stereocenters. The van der Waals surface area contributed by atoms with Crippen LogP contribution in [0.2, 0.25) is 0 Å². The normalized spacial score (nSPS) is 11.2. The number of aryl methyl sites for hydroxylation is 2. The van der Waals surface area contributed by atoms with Crippen molar-refractivity contribution in [3.63, 3.8) is 0 Å². The Bertz CT molecular complexity index is 788. The van der Waals surface area contributed by atoms with Crippen LogP contribution in [0, 0.1) is 0 Å². The average molecular weight is 301 g/mol. The molecule has 0 amide bonds. The molecule has 21 heavy (non-hydrogen) atoms. The summed E-state index contributed by atoms with van der Waals surface area (Å²) in [6.07, 6.45) is 0.995. The third-order valence-corrected chi connectivity index (χ3v) is 4.78. The average Bonchev–Trinajstić information content (AvgIpc) is 3.05. The predicted molar refractivity (Wildman–Crippen MR) is 89.1 cm³/mol. The number of ether oxygens (including phenoxy) is 1.